The molecule has 0 bridgehead atoms. The van der Waals surface area contributed by atoms with Crippen molar-refractivity contribution in [2.75, 3.05) is 11.9 Å². The van der Waals surface area contributed by atoms with Crippen molar-refractivity contribution in [3.05, 3.63) is 29.6 Å². The van der Waals surface area contributed by atoms with Gasteiger partial charge in [-0.3, -0.25) is 9.69 Å². The van der Waals surface area contributed by atoms with Crippen LogP contribution in [-0.2, 0) is 9.53 Å². The van der Waals surface area contributed by atoms with E-state index in [0.29, 0.717) is 25.1 Å². The molecule has 7 heteroatoms. The molecule has 1 atom stereocenters. The lowest BCUT2D eigenvalue weighted by atomic mass is 10.1. The molecule has 0 aromatic heterocycles. The molecular formula is C17H20FN3O3. The number of amides is 2. The first kappa shape index (κ1) is 17.7. The molecule has 24 heavy (non-hydrogen) atoms. The van der Waals surface area contributed by atoms with E-state index in [1.165, 1.54) is 17.0 Å². The molecule has 1 aromatic rings. The first-order chi connectivity index (χ1) is 11.2. The molecule has 2 amide bonds. The highest BCUT2D eigenvalue weighted by Crippen LogP contribution is 2.23. The minimum Gasteiger partial charge on any atom is -0.444 e. The normalized spacial score (nSPS) is 17.3. The second-order valence-corrected chi connectivity index (χ2v) is 6.63. The fraction of sp³-hybridized carbons (Fsp3) is 0.471. The van der Waals surface area contributed by atoms with E-state index >= 15 is 0 Å². The van der Waals surface area contributed by atoms with Crippen molar-refractivity contribution >= 4 is 17.7 Å². The topological polar surface area (TPSA) is 82.4 Å². The molecule has 1 unspecified atom stereocenters. The van der Waals surface area contributed by atoms with Crippen LogP contribution in [0.2, 0.25) is 0 Å². The predicted molar refractivity (Wildman–Crippen MR) is 85.7 cm³/mol. The molecule has 1 heterocycles. The Labute approximate surface area is 140 Å². The highest BCUT2D eigenvalue weighted by atomic mass is 19.1. The molecule has 6 nitrogen and oxygen atoms in total. The Morgan fingerprint density at radius 3 is 2.75 bits per heavy atom. The van der Waals surface area contributed by atoms with Crippen molar-refractivity contribution in [3.63, 3.8) is 0 Å². The van der Waals surface area contributed by atoms with Gasteiger partial charge in [0, 0.05) is 12.2 Å². The summed E-state index contributed by atoms with van der Waals surface area (Å²) in [6, 6.07) is 4.84. The van der Waals surface area contributed by atoms with Crippen LogP contribution in [-0.4, -0.2) is 35.1 Å². The third-order valence-corrected chi connectivity index (χ3v) is 3.54. The lowest BCUT2D eigenvalue weighted by Gasteiger charge is -2.28. The summed E-state index contributed by atoms with van der Waals surface area (Å²) in [6.07, 6.45) is 0.693. The molecule has 0 aliphatic carbocycles. The highest BCUT2D eigenvalue weighted by Gasteiger charge is 2.36. The fourth-order valence-electron chi connectivity index (χ4n) is 2.49. The van der Waals surface area contributed by atoms with Gasteiger partial charge in [0.2, 0.25) is 5.91 Å². The molecule has 128 valence electrons. The van der Waals surface area contributed by atoms with Gasteiger partial charge in [-0.25, -0.2) is 9.18 Å². The summed E-state index contributed by atoms with van der Waals surface area (Å²) in [7, 11) is 0. The summed E-state index contributed by atoms with van der Waals surface area (Å²) in [5.74, 6) is -1.03. The van der Waals surface area contributed by atoms with E-state index < -0.39 is 23.6 Å². The van der Waals surface area contributed by atoms with Crippen LogP contribution in [0.25, 0.3) is 0 Å². The van der Waals surface area contributed by atoms with Crippen molar-refractivity contribution < 1.29 is 18.7 Å². The number of halogens is 1. The van der Waals surface area contributed by atoms with Crippen LogP contribution in [0.5, 0.6) is 0 Å². The van der Waals surface area contributed by atoms with E-state index in [0.717, 1.165) is 6.07 Å². The average molecular weight is 333 g/mol. The summed E-state index contributed by atoms with van der Waals surface area (Å²) in [5.41, 5.74) is -0.475. The fourth-order valence-corrected chi connectivity index (χ4v) is 2.49. The number of nitriles is 1. The molecule has 1 aromatic carbocycles. The number of rotatable bonds is 2. The molecule has 0 spiro atoms. The number of nitrogens with one attached hydrogen (secondary N) is 1. The van der Waals surface area contributed by atoms with Gasteiger partial charge in [0.05, 0.1) is 5.56 Å². The first-order valence-corrected chi connectivity index (χ1v) is 7.71. The van der Waals surface area contributed by atoms with Crippen LogP contribution in [0, 0.1) is 17.1 Å². The minimum atomic E-state index is -0.647. The molecule has 1 fully saturated rings. The van der Waals surface area contributed by atoms with Gasteiger partial charge < -0.3 is 10.1 Å². The number of carbonyl (C=O) groups excluding carboxylic acids is 2. The van der Waals surface area contributed by atoms with Gasteiger partial charge >= 0.3 is 6.09 Å². The van der Waals surface area contributed by atoms with E-state index in [4.69, 9.17) is 10.00 Å². The molecule has 1 saturated heterocycles. The lowest BCUT2D eigenvalue weighted by molar-refractivity contribution is -0.120. The van der Waals surface area contributed by atoms with E-state index in [-0.39, 0.29) is 11.5 Å². The zero-order valence-electron chi connectivity index (χ0n) is 13.9. The maximum Gasteiger partial charge on any atom is 0.410 e. The molecule has 1 aliphatic heterocycles. The SMILES string of the molecule is CC(C)(C)OC(=O)N1CCCC1C(=O)Nc1ccc(F)c(C#N)c1. The number of ether oxygens (including phenoxy) is 1. The molecule has 1 N–H and O–H groups in total. The average Bonchev–Trinajstić information content (AvgIpc) is 2.97. The van der Waals surface area contributed by atoms with Crippen LogP contribution in [0.3, 0.4) is 0 Å². The number of hydrogen-bond acceptors (Lipinski definition) is 4. The smallest absolute Gasteiger partial charge is 0.410 e. The zero-order valence-corrected chi connectivity index (χ0v) is 13.9. The highest BCUT2D eigenvalue weighted by molar-refractivity contribution is 5.97. The maximum atomic E-state index is 13.3. The maximum absolute atomic E-state index is 13.3. The minimum absolute atomic E-state index is 0.150. The largest absolute Gasteiger partial charge is 0.444 e. The van der Waals surface area contributed by atoms with Gasteiger partial charge in [-0.15, -0.1) is 0 Å². The van der Waals surface area contributed by atoms with E-state index in [9.17, 15) is 14.0 Å². The predicted octanol–water partition coefficient (Wildman–Crippen LogP) is 3.04. The number of benzene rings is 1. The van der Waals surface area contributed by atoms with Crippen LogP contribution in [0.15, 0.2) is 18.2 Å². The number of carbonyl (C=O) groups is 2. The Hall–Kier alpha value is -2.62. The number of anilines is 1. The van der Waals surface area contributed by atoms with Crippen molar-refractivity contribution in [1.29, 1.82) is 5.26 Å². The van der Waals surface area contributed by atoms with Gasteiger partial charge in [-0.2, -0.15) is 5.26 Å². The second-order valence-electron chi connectivity index (χ2n) is 6.63. The third-order valence-electron chi connectivity index (χ3n) is 3.54. The molecule has 2 rings (SSSR count). The monoisotopic (exact) mass is 333 g/mol. The van der Waals surface area contributed by atoms with Crippen LogP contribution in [0.4, 0.5) is 14.9 Å². The number of nitrogens with zero attached hydrogens (tertiary/aromatic N) is 2. The van der Waals surface area contributed by atoms with Crippen molar-refractivity contribution in [1.82, 2.24) is 4.90 Å². The summed E-state index contributed by atoms with van der Waals surface area (Å²) in [5, 5.41) is 11.5. The Morgan fingerprint density at radius 1 is 1.42 bits per heavy atom. The number of hydrogen-bond donors (Lipinski definition) is 1. The first-order valence-electron chi connectivity index (χ1n) is 7.71. The molecule has 0 saturated carbocycles. The summed E-state index contributed by atoms with van der Waals surface area (Å²) >= 11 is 0. The van der Waals surface area contributed by atoms with Gasteiger partial charge in [0.1, 0.15) is 23.5 Å². The van der Waals surface area contributed by atoms with E-state index in [1.807, 2.05) is 0 Å². The van der Waals surface area contributed by atoms with Gasteiger partial charge in [0.25, 0.3) is 0 Å². The van der Waals surface area contributed by atoms with E-state index in [2.05, 4.69) is 5.32 Å². The molecule has 0 radical (unpaired) electrons. The molecule has 1 aliphatic rings. The van der Waals surface area contributed by atoms with Crippen molar-refractivity contribution in [2.45, 2.75) is 45.3 Å². The Balaban J connectivity index is 2.08. The zero-order chi connectivity index (χ0) is 17.9. The number of likely N-dealkylation sites (tertiary alicyclic amines) is 1. The van der Waals surface area contributed by atoms with Crippen LogP contribution in [0.1, 0.15) is 39.2 Å². The standard InChI is InChI=1S/C17H20FN3O3/c1-17(2,3)24-16(23)21-8-4-5-14(21)15(22)20-12-6-7-13(18)11(9-12)10-19/h6-7,9,14H,4-5,8H2,1-3H3,(H,20,22). The van der Waals surface area contributed by atoms with Crippen LogP contribution < -0.4 is 5.32 Å². The summed E-state index contributed by atoms with van der Waals surface area (Å²) < 4.78 is 18.6. The van der Waals surface area contributed by atoms with Crippen molar-refractivity contribution in [2.24, 2.45) is 0 Å². The lowest BCUT2D eigenvalue weighted by Crippen LogP contribution is -2.45. The third kappa shape index (κ3) is 4.22. The van der Waals surface area contributed by atoms with Gasteiger partial charge in [-0.1, -0.05) is 0 Å². The Bertz CT molecular complexity index is 691. The van der Waals surface area contributed by atoms with Crippen LogP contribution >= 0.6 is 0 Å². The van der Waals surface area contributed by atoms with Crippen molar-refractivity contribution in [3.8, 4) is 6.07 Å². The Morgan fingerprint density at radius 2 is 2.12 bits per heavy atom. The Kier molecular flexibility index (Phi) is 5.07. The van der Waals surface area contributed by atoms with Gasteiger partial charge in [-0.05, 0) is 51.8 Å². The van der Waals surface area contributed by atoms with E-state index in [1.54, 1.807) is 26.8 Å². The second kappa shape index (κ2) is 6.87. The molecular weight excluding hydrogens is 313 g/mol. The summed E-state index contributed by atoms with van der Waals surface area (Å²) in [4.78, 5) is 26.0. The van der Waals surface area contributed by atoms with Gasteiger partial charge in [0.15, 0.2) is 0 Å². The quantitative estimate of drug-likeness (QED) is 0.902. The summed E-state index contributed by atoms with van der Waals surface area (Å²) in [6.45, 7) is 5.73.